The first-order valence-electron chi connectivity index (χ1n) is 9.61. The van der Waals surface area contributed by atoms with Crippen LogP contribution in [0.15, 0.2) is 18.2 Å². The van der Waals surface area contributed by atoms with E-state index in [1.165, 1.54) is 23.1 Å². The van der Waals surface area contributed by atoms with Crippen LogP contribution < -0.4 is 10.6 Å². The molecule has 1 aromatic carbocycles. The molecule has 158 valence electrons. The van der Waals surface area contributed by atoms with E-state index in [9.17, 15) is 18.8 Å². The number of carbonyl (C=O) groups excluding carboxylic acids is 3. The van der Waals surface area contributed by atoms with Crippen molar-refractivity contribution >= 4 is 35.1 Å². The van der Waals surface area contributed by atoms with Gasteiger partial charge in [-0.1, -0.05) is 6.92 Å². The van der Waals surface area contributed by atoms with Crippen LogP contribution in [0.1, 0.15) is 39.8 Å². The lowest BCUT2D eigenvalue weighted by Gasteiger charge is -2.17. The van der Waals surface area contributed by atoms with E-state index in [4.69, 9.17) is 0 Å². The summed E-state index contributed by atoms with van der Waals surface area (Å²) in [4.78, 5) is 41.7. The van der Waals surface area contributed by atoms with Crippen molar-refractivity contribution in [2.75, 3.05) is 26.0 Å². The molecule has 0 aliphatic carbocycles. The molecule has 0 saturated carbocycles. The van der Waals surface area contributed by atoms with Crippen LogP contribution in [0, 0.1) is 25.6 Å². The molecule has 0 saturated heterocycles. The van der Waals surface area contributed by atoms with E-state index in [1.807, 2.05) is 0 Å². The third-order valence-corrected chi connectivity index (χ3v) is 5.19. The van der Waals surface area contributed by atoms with Crippen LogP contribution in [-0.4, -0.2) is 48.2 Å². The highest BCUT2D eigenvalue weighted by molar-refractivity contribution is 6.34. The molecule has 0 fully saturated rings. The van der Waals surface area contributed by atoms with E-state index >= 15 is 0 Å². The minimum Gasteiger partial charge on any atom is -0.358 e. The van der Waals surface area contributed by atoms with Gasteiger partial charge in [-0.3, -0.25) is 14.4 Å². The highest BCUT2D eigenvalue weighted by atomic mass is 19.1. The van der Waals surface area contributed by atoms with Gasteiger partial charge in [-0.25, -0.2) is 4.39 Å². The number of fused-ring (bicyclic) bond motifs is 1. The molecule has 2 aromatic rings. The van der Waals surface area contributed by atoms with Crippen LogP contribution >= 0.6 is 0 Å². The number of halogens is 1. The average Bonchev–Trinajstić information content (AvgIpc) is 3.14. The molecular weight excluding hydrogens is 387 g/mol. The van der Waals surface area contributed by atoms with Crippen molar-refractivity contribution in [3.05, 3.63) is 52.1 Å². The summed E-state index contributed by atoms with van der Waals surface area (Å²) in [6, 6.07) is 4.11. The Morgan fingerprint density at radius 2 is 1.97 bits per heavy atom. The average molecular weight is 412 g/mol. The summed E-state index contributed by atoms with van der Waals surface area (Å²) in [5.41, 5.74) is 3.72. The predicted molar refractivity (Wildman–Crippen MR) is 113 cm³/mol. The van der Waals surface area contributed by atoms with Crippen LogP contribution in [0.3, 0.4) is 0 Å². The van der Waals surface area contributed by atoms with Crippen LogP contribution in [-0.2, 0) is 9.59 Å². The zero-order valence-corrected chi connectivity index (χ0v) is 17.6. The van der Waals surface area contributed by atoms with Gasteiger partial charge in [0.05, 0.1) is 17.1 Å². The number of rotatable bonds is 5. The standard InChI is InChI=1S/C22H25FN4O3/c1-11(22(30)27(4)5)10-24-21(29)19-12(2)18(25-13(19)3)9-16-15-8-14(23)6-7-17(15)26-20(16)28/h6-9,11,25H,10H2,1-5H3,(H,24,29)(H,26,28)/b16-9-. The number of anilines is 1. The third kappa shape index (κ3) is 3.98. The SMILES string of the molecule is Cc1[nH]c(/C=C2\C(=O)Nc3ccc(F)cc32)c(C)c1C(=O)NCC(C)C(=O)N(C)C. The summed E-state index contributed by atoms with van der Waals surface area (Å²) in [6.07, 6.45) is 1.62. The van der Waals surface area contributed by atoms with Gasteiger partial charge in [-0.05, 0) is 43.7 Å². The van der Waals surface area contributed by atoms with Crippen molar-refractivity contribution in [1.82, 2.24) is 15.2 Å². The number of aromatic nitrogens is 1. The first-order valence-corrected chi connectivity index (χ1v) is 9.61. The van der Waals surface area contributed by atoms with Gasteiger partial charge >= 0.3 is 0 Å². The number of nitrogens with one attached hydrogen (secondary N) is 3. The molecule has 3 rings (SSSR count). The van der Waals surface area contributed by atoms with E-state index in [0.717, 1.165) is 0 Å². The molecule has 1 aromatic heterocycles. The fourth-order valence-corrected chi connectivity index (χ4v) is 3.57. The molecule has 3 N–H and O–H groups in total. The number of aryl methyl sites for hydroxylation is 1. The number of H-pyrrole nitrogens is 1. The zero-order valence-electron chi connectivity index (χ0n) is 17.6. The van der Waals surface area contributed by atoms with Gasteiger partial charge in [0.15, 0.2) is 0 Å². The molecule has 0 bridgehead atoms. The van der Waals surface area contributed by atoms with Crippen LogP contribution in [0.5, 0.6) is 0 Å². The zero-order chi connectivity index (χ0) is 22.2. The quantitative estimate of drug-likeness (QED) is 0.659. The largest absolute Gasteiger partial charge is 0.358 e. The van der Waals surface area contributed by atoms with E-state index < -0.39 is 5.82 Å². The molecule has 0 spiro atoms. The van der Waals surface area contributed by atoms with Crippen molar-refractivity contribution < 1.29 is 18.8 Å². The summed E-state index contributed by atoms with van der Waals surface area (Å²) in [5.74, 6) is -1.48. The Morgan fingerprint density at radius 1 is 1.27 bits per heavy atom. The van der Waals surface area contributed by atoms with E-state index in [0.29, 0.717) is 39.3 Å². The molecule has 2 heterocycles. The fraction of sp³-hybridized carbons (Fsp3) is 0.318. The second-order valence-electron chi connectivity index (χ2n) is 7.71. The maximum absolute atomic E-state index is 13.7. The van der Waals surface area contributed by atoms with Crippen molar-refractivity contribution in [3.8, 4) is 0 Å². The van der Waals surface area contributed by atoms with E-state index in [-0.39, 0.29) is 30.2 Å². The van der Waals surface area contributed by atoms with Crippen molar-refractivity contribution in [2.45, 2.75) is 20.8 Å². The highest BCUT2D eigenvalue weighted by Crippen LogP contribution is 2.34. The summed E-state index contributed by atoms with van der Waals surface area (Å²) in [6.45, 7) is 5.51. The third-order valence-electron chi connectivity index (χ3n) is 5.19. The van der Waals surface area contributed by atoms with Crippen LogP contribution in [0.4, 0.5) is 10.1 Å². The second kappa shape index (κ2) is 8.14. The number of hydrogen-bond donors (Lipinski definition) is 3. The number of amides is 3. The minimum atomic E-state index is -0.433. The monoisotopic (exact) mass is 412 g/mol. The Bertz CT molecular complexity index is 1070. The second-order valence-corrected chi connectivity index (χ2v) is 7.71. The molecule has 1 aliphatic heterocycles. The number of carbonyl (C=O) groups is 3. The van der Waals surface area contributed by atoms with Gasteiger partial charge in [-0.15, -0.1) is 0 Å². The molecule has 30 heavy (non-hydrogen) atoms. The predicted octanol–water partition coefficient (Wildman–Crippen LogP) is 2.72. The van der Waals surface area contributed by atoms with Gasteiger partial charge < -0.3 is 20.5 Å². The maximum atomic E-state index is 13.7. The number of aromatic amines is 1. The van der Waals surface area contributed by atoms with Gasteiger partial charge in [0, 0.05) is 43.3 Å². The lowest BCUT2D eigenvalue weighted by Crippen LogP contribution is -2.37. The van der Waals surface area contributed by atoms with Gasteiger partial charge in [0.2, 0.25) is 5.91 Å². The molecule has 3 amide bonds. The Hall–Kier alpha value is -3.42. The molecular formula is C22H25FN4O3. The lowest BCUT2D eigenvalue weighted by molar-refractivity contribution is -0.132. The number of benzene rings is 1. The van der Waals surface area contributed by atoms with Crippen LogP contribution in [0.2, 0.25) is 0 Å². The normalized spacial score (nSPS) is 15.0. The van der Waals surface area contributed by atoms with E-state index in [1.54, 1.807) is 40.9 Å². The maximum Gasteiger partial charge on any atom is 0.256 e. The Labute approximate surface area is 174 Å². The first kappa shape index (κ1) is 21.3. The highest BCUT2D eigenvalue weighted by Gasteiger charge is 2.26. The van der Waals surface area contributed by atoms with Gasteiger partial charge in [-0.2, -0.15) is 0 Å². The first-order chi connectivity index (χ1) is 14.1. The summed E-state index contributed by atoms with van der Waals surface area (Å²) < 4.78 is 13.7. The summed E-state index contributed by atoms with van der Waals surface area (Å²) in [5, 5.41) is 5.51. The fourth-order valence-electron chi connectivity index (χ4n) is 3.57. The van der Waals surface area contributed by atoms with Gasteiger partial charge in [0.25, 0.3) is 11.8 Å². The van der Waals surface area contributed by atoms with Crippen molar-refractivity contribution in [3.63, 3.8) is 0 Å². The van der Waals surface area contributed by atoms with Crippen LogP contribution in [0.25, 0.3) is 11.6 Å². The molecule has 1 aliphatic rings. The minimum absolute atomic E-state index is 0.0682. The number of hydrogen-bond acceptors (Lipinski definition) is 3. The number of nitrogens with zero attached hydrogens (tertiary/aromatic N) is 1. The molecule has 8 heteroatoms. The van der Waals surface area contributed by atoms with E-state index in [2.05, 4.69) is 15.6 Å². The Kier molecular flexibility index (Phi) is 5.78. The topological polar surface area (TPSA) is 94.3 Å². The molecule has 1 atom stereocenters. The Balaban J connectivity index is 1.86. The Morgan fingerprint density at radius 3 is 2.63 bits per heavy atom. The van der Waals surface area contributed by atoms with Gasteiger partial charge in [0.1, 0.15) is 5.82 Å². The molecule has 7 nitrogen and oxygen atoms in total. The lowest BCUT2D eigenvalue weighted by atomic mass is 10.0. The van der Waals surface area contributed by atoms with Crippen molar-refractivity contribution in [2.24, 2.45) is 5.92 Å². The molecule has 1 unspecified atom stereocenters. The summed E-state index contributed by atoms with van der Waals surface area (Å²) >= 11 is 0. The molecule has 0 radical (unpaired) electrons. The van der Waals surface area contributed by atoms with Crippen molar-refractivity contribution in [1.29, 1.82) is 0 Å². The smallest absolute Gasteiger partial charge is 0.256 e. The summed E-state index contributed by atoms with van der Waals surface area (Å²) in [7, 11) is 3.34.